The van der Waals surface area contributed by atoms with Crippen molar-refractivity contribution in [3.8, 4) is 0 Å². The molecule has 0 bridgehead atoms. The zero-order valence-corrected chi connectivity index (χ0v) is 11.3. The molecule has 1 aliphatic heterocycles. The molecule has 2 N–H and O–H groups in total. The van der Waals surface area contributed by atoms with Crippen LogP contribution in [0.3, 0.4) is 0 Å². The smallest absolute Gasteiger partial charge is 0.225 e. The summed E-state index contributed by atoms with van der Waals surface area (Å²) in [5, 5.41) is 0. The molecule has 1 aromatic rings. The van der Waals surface area contributed by atoms with Crippen LogP contribution in [0.2, 0.25) is 0 Å². The van der Waals surface area contributed by atoms with Gasteiger partial charge in [0.25, 0.3) is 0 Å². The molecule has 1 aromatic heterocycles. The summed E-state index contributed by atoms with van der Waals surface area (Å²) in [7, 11) is 0. The van der Waals surface area contributed by atoms with Crippen molar-refractivity contribution < 1.29 is 0 Å². The third kappa shape index (κ3) is 3.19. The lowest BCUT2D eigenvalue weighted by molar-refractivity contribution is 0.547. The van der Waals surface area contributed by atoms with E-state index in [9.17, 15) is 0 Å². The lowest BCUT2D eigenvalue weighted by Gasteiger charge is -2.29. The van der Waals surface area contributed by atoms with Crippen molar-refractivity contribution in [3.05, 3.63) is 18.0 Å². The van der Waals surface area contributed by atoms with Gasteiger partial charge < -0.3 is 10.6 Å². The van der Waals surface area contributed by atoms with E-state index >= 15 is 0 Å². The number of hydrogen-bond acceptors (Lipinski definition) is 4. The van der Waals surface area contributed by atoms with Crippen LogP contribution in [-0.4, -0.2) is 29.1 Å². The molecule has 4 nitrogen and oxygen atoms in total. The number of nitrogens with zero attached hydrogens (tertiary/aromatic N) is 3. The third-order valence-corrected chi connectivity index (χ3v) is 3.73. The van der Waals surface area contributed by atoms with Crippen LogP contribution in [0.15, 0.2) is 12.4 Å². The van der Waals surface area contributed by atoms with Crippen molar-refractivity contribution in [2.75, 3.05) is 18.0 Å². The van der Waals surface area contributed by atoms with Crippen LogP contribution in [0.1, 0.15) is 44.6 Å². The molecule has 100 valence electrons. The Hall–Kier alpha value is -1.16. The minimum Gasteiger partial charge on any atom is -0.338 e. The number of rotatable bonds is 4. The van der Waals surface area contributed by atoms with Crippen LogP contribution in [0.4, 0.5) is 5.95 Å². The van der Waals surface area contributed by atoms with Gasteiger partial charge in [0.2, 0.25) is 5.95 Å². The summed E-state index contributed by atoms with van der Waals surface area (Å²) in [6, 6.07) is 0.604. The maximum Gasteiger partial charge on any atom is 0.225 e. The number of anilines is 1. The average molecular weight is 248 g/mol. The van der Waals surface area contributed by atoms with Crippen molar-refractivity contribution >= 4 is 5.95 Å². The molecule has 1 fully saturated rings. The summed E-state index contributed by atoms with van der Waals surface area (Å²) < 4.78 is 0. The highest BCUT2D eigenvalue weighted by atomic mass is 15.3. The molecule has 0 saturated carbocycles. The molecule has 0 amide bonds. The Morgan fingerprint density at radius 3 is 2.72 bits per heavy atom. The van der Waals surface area contributed by atoms with Gasteiger partial charge in [-0.15, -0.1) is 0 Å². The first-order valence-electron chi connectivity index (χ1n) is 7.12. The summed E-state index contributed by atoms with van der Waals surface area (Å²) in [6.07, 6.45) is 11.1. The van der Waals surface area contributed by atoms with Crippen molar-refractivity contribution in [3.63, 3.8) is 0 Å². The minimum atomic E-state index is 0.604. The largest absolute Gasteiger partial charge is 0.338 e. The Bertz CT molecular complexity index is 349. The van der Waals surface area contributed by atoms with Gasteiger partial charge in [0.05, 0.1) is 0 Å². The predicted molar refractivity (Wildman–Crippen MR) is 74.7 cm³/mol. The minimum absolute atomic E-state index is 0.604. The molecule has 1 unspecified atom stereocenters. The number of aromatic nitrogens is 2. The van der Waals surface area contributed by atoms with Gasteiger partial charge in [0, 0.05) is 25.0 Å². The Labute approximate surface area is 110 Å². The first kappa shape index (κ1) is 13.3. The Balaban J connectivity index is 2.11. The molecule has 0 radical (unpaired) electrons. The standard InChI is InChI=1S/C14H24N4/c1-2-13-6-4-3-5-9-18(13)14-16-10-12(7-8-15)11-17-14/h10-11,13H,2-9,15H2,1H3. The highest BCUT2D eigenvalue weighted by Crippen LogP contribution is 2.22. The van der Waals surface area contributed by atoms with Crippen LogP contribution in [0, 0.1) is 0 Å². The molecule has 0 aliphatic carbocycles. The van der Waals surface area contributed by atoms with E-state index in [0.717, 1.165) is 24.5 Å². The van der Waals surface area contributed by atoms with Gasteiger partial charge in [0.15, 0.2) is 0 Å². The summed E-state index contributed by atoms with van der Waals surface area (Å²) in [5.74, 6) is 0.893. The molecule has 0 aromatic carbocycles. The van der Waals surface area contributed by atoms with Crippen LogP contribution in [0.25, 0.3) is 0 Å². The Morgan fingerprint density at radius 2 is 2.06 bits per heavy atom. The number of hydrogen-bond donors (Lipinski definition) is 1. The van der Waals surface area contributed by atoms with E-state index in [0.29, 0.717) is 12.6 Å². The summed E-state index contributed by atoms with van der Waals surface area (Å²) in [4.78, 5) is 11.4. The van der Waals surface area contributed by atoms with E-state index in [2.05, 4.69) is 21.8 Å². The first-order chi connectivity index (χ1) is 8.85. The Kier molecular flexibility index (Phi) is 4.93. The van der Waals surface area contributed by atoms with Gasteiger partial charge in [0.1, 0.15) is 0 Å². The van der Waals surface area contributed by atoms with Crippen molar-refractivity contribution in [2.24, 2.45) is 5.73 Å². The third-order valence-electron chi connectivity index (χ3n) is 3.73. The molecule has 18 heavy (non-hydrogen) atoms. The fourth-order valence-corrected chi connectivity index (χ4v) is 2.66. The van der Waals surface area contributed by atoms with Gasteiger partial charge >= 0.3 is 0 Å². The lowest BCUT2D eigenvalue weighted by atomic mass is 10.1. The maximum absolute atomic E-state index is 5.54. The average Bonchev–Trinajstić information content (AvgIpc) is 2.65. The monoisotopic (exact) mass is 248 g/mol. The zero-order chi connectivity index (χ0) is 12.8. The highest BCUT2D eigenvalue weighted by molar-refractivity contribution is 5.32. The molecular formula is C14H24N4. The second-order valence-electron chi connectivity index (χ2n) is 5.03. The molecule has 1 atom stereocenters. The van der Waals surface area contributed by atoms with Crippen molar-refractivity contribution in [1.82, 2.24) is 9.97 Å². The summed E-state index contributed by atoms with van der Waals surface area (Å²) in [5.41, 5.74) is 6.67. The predicted octanol–water partition coefficient (Wildman–Crippen LogP) is 2.14. The van der Waals surface area contributed by atoms with Gasteiger partial charge in [-0.25, -0.2) is 9.97 Å². The normalized spacial score (nSPS) is 20.8. The quantitative estimate of drug-likeness (QED) is 0.887. The van der Waals surface area contributed by atoms with Gasteiger partial charge in [-0.05, 0) is 37.8 Å². The van der Waals surface area contributed by atoms with E-state index in [1.807, 2.05) is 12.4 Å². The summed E-state index contributed by atoms with van der Waals surface area (Å²) in [6.45, 7) is 4.00. The van der Waals surface area contributed by atoms with E-state index in [1.54, 1.807) is 0 Å². The lowest BCUT2D eigenvalue weighted by Crippen LogP contribution is -2.35. The van der Waals surface area contributed by atoms with E-state index in [1.165, 1.54) is 32.1 Å². The van der Waals surface area contributed by atoms with Gasteiger partial charge in [-0.1, -0.05) is 19.8 Å². The topological polar surface area (TPSA) is 55.0 Å². The molecule has 1 saturated heterocycles. The van der Waals surface area contributed by atoms with Gasteiger partial charge in [-0.3, -0.25) is 0 Å². The van der Waals surface area contributed by atoms with Crippen molar-refractivity contribution in [1.29, 1.82) is 0 Å². The molecule has 4 heteroatoms. The van der Waals surface area contributed by atoms with Crippen molar-refractivity contribution in [2.45, 2.75) is 51.5 Å². The highest BCUT2D eigenvalue weighted by Gasteiger charge is 2.21. The zero-order valence-electron chi connectivity index (χ0n) is 11.3. The molecular weight excluding hydrogens is 224 g/mol. The van der Waals surface area contributed by atoms with E-state index in [4.69, 9.17) is 5.73 Å². The van der Waals surface area contributed by atoms with Crippen LogP contribution < -0.4 is 10.6 Å². The molecule has 2 heterocycles. The van der Waals surface area contributed by atoms with E-state index in [-0.39, 0.29) is 0 Å². The maximum atomic E-state index is 5.54. The second kappa shape index (κ2) is 6.69. The Morgan fingerprint density at radius 1 is 1.28 bits per heavy atom. The fourth-order valence-electron chi connectivity index (χ4n) is 2.66. The molecule has 0 spiro atoms. The SMILES string of the molecule is CCC1CCCCCN1c1ncc(CCN)cn1. The van der Waals surface area contributed by atoms with Crippen LogP contribution >= 0.6 is 0 Å². The first-order valence-corrected chi connectivity index (χ1v) is 7.12. The fraction of sp³-hybridized carbons (Fsp3) is 0.714. The molecule has 2 rings (SSSR count). The van der Waals surface area contributed by atoms with Crippen LogP contribution in [0.5, 0.6) is 0 Å². The summed E-state index contributed by atoms with van der Waals surface area (Å²) >= 11 is 0. The van der Waals surface area contributed by atoms with Crippen LogP contribution in [-0.2, 0) is 6.42 Å². The molecule has 1 aliphatic rings. The number of nitrogens with two attached hydrogens (primary N) is 1. The van der Waals surface area contributed by atoms with Gasteiger partial charge in [-0.2, -0.15) is 0 Å². The van der Waals surface area contributed by atoms with E-state index < -0.39 is 0 Å². The second-order valence-corrected chi connectivity index (χ2v) is 5.03.